The minimum absolute atomic E-state index is 0.204. The molecule has 1 aromatic rings. The van der Waals surface area contributed by atoms with Crippen molar-refractivity contribution in [2.24, 2.45) is 0 Å². The Balaban J connectivity index is 2.35. The van der Waals surface area contributed by atoms with E-state index in [0.717, 1.165) is 16.9 Å². The van der Waals surface area contributed by atoms with Gasteiger partial charge < -0.3 is 14.9 Å². The molecule has 2 atom stereocenters. The number of hydrogen-bond donors (Lipinski definition) is 3. The first-order valence-electron chi connectivity index (χ1n) is 6.44. The number of nitrogens with zero attached hydrogens (tertiary/aromatic N) is 1. The summed E-state index contributed by atoms with van der Waals surface area (Å²) in [7, 11) is -3.80. The van der Waals surface area contributed by atoms with Gasteiger partial charge in [-0.15, -0.1) is 0 Å². The third kappa shape index (κ3) is 3.69. The van der Waals surface area contributed by atoms with Gasteiger partial charge in [-0.3, -0.25) is 18.5 Å². The second-order valence-electron chi connectivity index (χ2n) is 5.21. The number of aromatic nitrogens is 2. The lowest BCUT2D eigenvalue weighted by atomic mass is 10.1. The molecule has 2 heterocycles. The van der Waals surface area contributed by atoms with Crippen LogP contribution in [0.4, 0.5) is 0 Å². The Kier molecular flexibility index (Phi) is 4.48. The number of aliphatic hydroxyl groups excluding tert-OH is 2. The highest BCUT2D eigenvalue weighted by Gasteiger charge is 2.42. The SMILES string of the molecule is Cc1cn([C@@H]2O[C@@](CO)(COS(C)(=O)=O)C=C2O)c(=O)[nH]c1=O. The molecule has 1 aromatic heterocycles. The molecule has 23 heavy (non-hydrogen) atoms. The minimum atomic E-state index is -3.80. The van der Waals surface area contributed by atoms with Crippen molar-refractivity contribution in [3.8, 4) is 0 Å². The lowest BCUT2D eigenvalue weighted by Gasteiger charge is -2.26. The maximum atomic E-state index is 11.8. The quantitative estimate of drug-likeness (QED) is 0.546. The Morgan fingerprint density at radius 1 is 1.48 bits per heavy atom. The molecule has 0 aromatic carbocycles. The van der Waals surface area contributed by atoms with Crippen LogP contribution in [0.5, 0.6) is 0 Å². The molecule has 10 nitrogen and oxygen atoms in total. The van der Waals surface area contributed by atoms with Crippen LogP contribution in [-0.2, 0) is 19.0 Å². The third-order valence-electron chi connectivity index (χ3n) is 3.19. The van der Waals surface area contributed by atoms with Crippen LogP contribution in [0.15, 0.2) is 27.6 Å². The van der Waals surface area contributed by atoms with Gasteiger partial charge in [-0.05, 0) is 13.0 Å². The summed E-state index contributed by atoms with van der Waals surface area (Å²) in [5.74, 6) is -0.426. The first-order chi connectivity index (χ1) is 10.6. The van der Waals surface area contributed by atoms with Gasteiger partial charge in [-0.2, -0.15) is 8.42 Å². The van der Waals surface area contributed by atoms with Crippen LogP contribution >= 0.6 is 0 Å². The summed E-state index contributed by atoms with van der Waals surface area (Å²) < 4.78 is 33.1. The number of H-pyrrole nitrogens is 1. The smallest absolute Gasteiger partial charge is 0.330 e. The molecule has 0 bridgehead atoms. The maximum absolute atomic E-state index is 11.8. The number of aromatic amines is 1. The fourth-order valence-electron chi connectivity index (χ4n) is 2.03. The molecule has 2 rings (SSSR count). The number of hydrogen-bond acceptors (Lipinski definition) is 8. The highest BCUT2D eigenvalue weighted by molar-refractivity contribution is 7.85. The van der Waals surface area contributed by atoms with Crippen molar-refractivity contribution in [1.29, 1.82) is 0 Å². The molecule has 0 amide bonds. The third-order valence-corrected chi connectivity index (χ3v) is 3.74. The number of aliphatic hydroxyl groups is 2. The van der Waals surface area contributed by atoms with E-state index in [0.29, 0.717) is 0 Å². The minimum Gasteiger partial charge on any atom is -0.508 e. The molecule has 1 aliphatic rings. The van der Waals surface area contributed by atoms with E-state index in [1.807, 2.05) is 0 Å². The summed E-state index contributed by atoms with van der Waals surface area (Å²) in [4.78, 5) is 25.3. The molecule has 0 fully saturated rings. The van der Waals surface area contributed by atoms with Crippen molar-refractivity contribution in [1.82, 2.24) is 9.55 Å². The Morgan fingerprint density at radius 2 is 2.13 bits per heavy atom. The van der Waals surface area contributed by atoms with Gasteiger partial charge in [-0.25, -0.2) is 4.79 Å². The topological polar surface area (TPSA) is 148 Å². The average Bonchev–Trinajstić information content (AvgIpc) is 2.78. The normalized spacial score (nSPS) is 24.7. The van der Waals surface area contributed by atoms with Crippen LogP contribution in [0.3, 0.4) is 0 Å². The van der Waals surface area contributed by atoms with Gasteiger partial charge in [0, 0.05) is 11.8 Å². The summed E-state index contributed by atoms with van der Waals surface area (Å²) in [5.41, 5.74) is -2.85. The molecule has 3 N–H and O–H groups in total. The average molecular weight is 348 g/mol. The van der Waals surface area contributed by atoms with Gasteiger partial charge in [-0.1, -0.05) is 0 Å². The van der Waals surface area contributed by atoms with Crippen LogP contribution in [0.2, 0.25) is 0 Å². The van der Waals surface area contributed by atoms with Gasteiger partial charge in [0.15, 0.2) is 6.23 Å². The predicted octanol–water partition coefficient (Wildman–Crippen LogP) is -1.48. The van der Waals surface area contributed by atoms with Gasteiger partial charge in [0.1, 0.15) is 18.0 Å². The zero-order valence-electron chi connectivity index (χ0n) is 12.3. The Labute approximate surface area is 130 Å². The molecule has 1 aliphatic heterocycles. The standard InChI is InChI=1S/C12H16N2O8S/c1-7-4-14(11(18)13-9(7)17)10-8(16)3-12(5-15,22-10)6-21-23(2,19)20/h3-4,10,15-16H,5-6H2,1-2H3,(H,13,17,18)/t10-,12+/m1/s1. The van der Waals surface area contributed by atoms with Gasteiger partial charge in [0.25, 0.3) is 15.7 Å². The molecule has 0 unspecified atom stereocenters. The number of rotatable bonds is 5. The maximum Gasteiger partial charge on any atom is 0.330 e. The van der Waals surface area contributed by atoms with E-state index in [1.54, 1.807) is 0 Å². The first-order valence-corrected chi connectivity index (χ1v) is 8.25. The summed E-state index contributed by atoms with van der Waals surface area (Å²) in [6.45, 7) is 0.177. The van der Waals surface area contributed by atoms with E-state index < -0.39 is 52.2 Å². The fourth-order valence-corrected chi connectivity index (χ4v) is 2.44. The van der Waals surface area contributed by atoms with Crippen LogP contribution in [0.1, 0.15) is 11.8 Å². The zero-order valence-corrected chi connectivity index (χ0v) is 13.2. The van der Waals surface area contributed by atoms with Crippen LogP contribution in [0.25, 0.3) is 0 Å². The van der Waals surface area contributed by atoms with Crippen molar-refractivity contribution in [3.63, 3.8) is 0 Å². The number of nitrogens with one attached hydrogen (secondary N) is 1. The van der Waals surface area contributed by atoms with E-state index in [2.05, 4.69) is 9.17 Å². The Bertz CT molecular complexity index is 853. The highest BCUT2D eigenvalue weighted by atomic mass is 32.2. The highest BCUT2D eigenvalue weighted by Crippen LogP contribution is 2.33. The van der Waals surface area contributed by atoms with Crippen molar-refractivity contribution < 1.29 is 27.6 Å². The zero-order chi connectivity index (χ0) is 17.4. The molecule has 128 valence electrons. The van der Waals surface area contributed by atoms with E-state index in [9.17, 15) is 28.2 Å². The van der Waals surface area contributed by atoms with Gasteiger partial charge >= 0.3 is 5.69 Å². The molecule has 0 saturated carbocycles. The second-order valence-corrected chi connectivity index (χ2v) is 6.85. The molecule has 0 saturated heterocycles. The van der Waals surface area contributed by atoms with Gasteiger partial charge in [0.2, 0.25) is 0 Å². The monoisotopic (exact) mass is 348 g/mol. The Morgan fingerprint density at radius 3 is 2.70 bits per heavy atom. The van der Waals surface area contributed by atoms with Crippen molar-refractivity contribution in [2.45, 2.75) is 18.8 Å². The molecule has 0 radical (unpaired) electrons. The predicted molar refractivity (Wildman–Crippen MR) is 77.5 cm³/mol. The van der Waals surface area contributed by atoms with Gasteiger partial charge in [0.05, 0.1) is 12.9 Å². The largest absolute Gasteiger partial charge is 0.508 e. The lowest BCUT2D eigenvalue weighted by Crippen LogP contribution is -2.41. The number of aryl methyl sites for hydroxylation is 1. The molecule has 0 aliphatic carbocycles. The van der Waals surface area contributed by atoms with Crippen LogP contribution < -0.4 is 11.2 Å². The molecular formula is C12H16N2O8S. The van der Waals surface area contributed by atoms with Crippen molar-refractivity contribution >= 4 is 10.1 Å². The Hall–Kier alpha value is -1.95. The molecular weight excluding hydrogens is 332 g/mol. The summed E-state index contributed by atoms with van der Waals surface area (Å²) in [6.07, 6.45) is 1.74. The fraction of sp³-hybridized carbons (Fsp3) is 0.500. The van der Waals surface area contributed by atoms with Crippen molar-refractivity contribution in [3.05, 3.63) is 44.4 Å². The summed E-state index contributed by atoms with van der Waals surface area (Å²) in [6, 6.07) is 0. The number of ether oxygens (including phenoxy) is 1. The van der Waals surface area contributed by atoms with E-state index in [1.165, 1.54) is 13.1 Å². The summed E-state index contributed by atoms with van der Waals surface area (Å²) >= 11 is 0. The van der Waals surface area contributed by atoms with Crippen LogP contribution in [-0.4, -0.2) is 53.3 Å². The molecule has 0 spiro atoms. The van der Waals surface area contributed by atoms with Crippen LogP contribution in [0, 0.1) is 6.92 Å². The van der Waals surface area contributed by atoms with E-state index in [4.69, 9.17) is 4.74 Å². The van der Waals surface area contributed by atoms with E-state index in [-0.39, 0.29) is 5.56 Å². The van der Waals surface area contributed by atoms with Crippen molar-refractivity contribution in [2.75, 3.05) is 19.5 Å². The summed E-state index contributed by atoms with van der Waals surface area (Å²) in [5, 5.41) is 19.5. The second kappa shape index (κ2) is 5.92. The molecule has 11 heteroatoms. The van der Waals surface area contributed by atoms with E-state index >= 15 is 0 Å². The first kappa shape index (κ1) is 17.4. The lowest BCUT2D eigenvalue weighted by molar-refractivity contribution is -0.110.